The van der Waals surface area contributed by atoms with Gasteiger partial charge >= 0.3 is 0 Å². The molecular weight excluding hydrogens is 284 g/mol. The van der Waals surface area contributed by atoms with Crippen LogP contribution in [0.5, 0.6) is 0 Å². The molecule has 0 saturated heterocycles. The number of aliphatic hydroxyl groups excluding tert-OH is 1. The molecule has 0 heterocycles. The van der Waals surface area contributed by atoms with E-state index >= 15 is 0 Å². The van der Waals surface area contributed by atoms with Crippen LogP contribution < -0.4 is 0 Å². The zero-order chi connectivity index (χ0) is 16.2. The van der Waals surface area contributed by atoms with Crippen LogP contribution in [0.2, 0.25) is 0 Å². The Morgan fingerprint density at radius 3 is 2.70 bits per heavy atom. The third-order valence-electron chi connectivity index (χ3n) is 8.20. The first-order chi connectivity index (χ1) is 11.0. The SMILES string of the molecule is C[C@]12CC[C@H]3[C@@H](CCC4=CC(=O)CC[C@@]43C)[C@@H]1CC[C@@H]2C#CO. The summed E-state index contributed by atoms with van der Waals surface area (Å²) in [5.74, 6) is 6.10. The van der Waals surface area contributed by atoms with Crippen molar-refractivity contribution in [2.45, 2.75) is 65.2 Å². The molecule has 0 bridgehead atoms. The van der Waals surface area contributed by atoms with Crippen molar-refractivity contribution < 1.29 is 9.90 Å². The summed E-state index contributed by atoms with van der Waals surface area (Å²) in [4.78, 5) is 11.9. The minimum Gasteiger partial charge on any atom is -0.462 e. The molecule has 4 rings (SSSR count). The molecule has 4 aliphatic carbocycles. The Labute approximate surface area is 139 Å². The number of ketones is 1. The van der Waals surface area contributed by atoms with Gasteiger partial charge in [0.15, 0.2) is 5.78 Å². The Bertz CT molecular complexity index is 621. The lowest BCUT2D eigenvalue weighted by Gasteiger charge is -2.57. The van der Waals surface area contributed by atoms with Crippen molar-refractivity contribution in [1.82, 2.24) is 0 Å². The highest BCUT2D eigenvalue weighted by atomic mass is 16.2. The molecule has 0 aliphatic heterocycles. The molecule has 3 saturated carbocycles. The van der Waals surface area contributed by atoms with Gasteiger partial charge in [0.2, 0.25) is 0 Å². The number of hydrogen-bond donors (Lipinski definition) is 1. The fourth-order valence-electron chi connectivity index (χ4n) is 6.87. The van der Waals surface area contributed by atoms with Gasteiger partial charge < -0.3 is 5.11 Å². The van der Waals surface area contributed by atoms with Gasteiger partial charge in [-0.05, 0) is 79.6 Å². The van der Waals surface area contributed by atoms with E-state index in [0.717, 1.165) is 43.4 Å². The van der Waals surface area contributed by atoms with E-state index in [-0.39, 0.29) is 5.41 Å². The third kappa shape index (κ3) is 2.05. The normalized spacial score (nSPS) is 48.4. The van der Waals surface area contributed by atoms with Crippen LogP contribution in [0.3, 0.4) is 0 Å². The molecule has 0 aromatic rings. The monoisotopic (exact) mass is 312 g/mol. The summed E-state index contributed by atoms with van der Waals surface area (Å²) in [6, 6.07) is 0. The van der Waals surface area contributed by atoms with Gasteiger partial charge in [-0.3, -0.25) is 4.79 Å². The maximum Gasteiger partial charge on any atom is 0.155 e. The molecule has 0 radical (unpaired) electrons. The van der Waals surface area contributed by atoms with Crippen molar-refractivity contribution in [3.8, 4) is 12.0 Å². The van der Waals surface area contributed by atoms with Crippen molar-refractivity contribution in [3.63, 3.8) is 0 Å². The van der Waals surface area contributed by atoms with Crippen LogP contribution in [0.1, 0.15) is 65.2 Å². The van der Waals surface area contributed by atoms with Crippen molar-refractivity contribution in [3.05, 3.63) is 11.6 Å². The number of carbonyl (C=O) groups is 1. The fraction of sp³-hybridized carbons (Fsp3) is 0.762. The second-order valence-electron chi connectivity index (χ2n) is 8.90. The minimum atomic E-state index is 0.263. The van der Waals surface area contributed by atoms with Gasteiger partial charge in [-0.25, -0.2) is 0 Å². The van der Waals surface area contributed by atoms with Crippen molar-refractivity contribution in [1.29, 1.82) is 0 Å². The Balaban J connectivity index is 1.66. The van der Waals surface area contributed by atoms with E-state index in [0.29, 0.717) is 17.1 Å². The highest BCUT2D eigenvalue weighted by Gasteiger charge is 2.58. The molecule has 0 amide bonds. The Kier molecular flexibility index (Phi) is 3.42. The predicted molar refractivity (Wildman–Crippen MR) is 89.9 cm³/mol. The zero-order valence-corrected chi connectivity index (χ0v) is 14.4. The molecule has 0 aromatic carbocycles. The quantitative estimate of drug-likeness (QED) is 0.670. The molecule has 1 N–H and O–H groups in total. The number of allylic oxidation sites excluding steroid dienone is 1. The van der Waals surface area contributed by atoms with Gasteiger partial charge in [-0.1, -0.05) is 25.3 Å². The van der Waals surface area contributed by atoms with Crippen LogP contribution >= 0.6 is 0 Å². The molecule has 0 unspecified atom stereocenters. The number of aliphatic hydroxyl groups is 1. The van der Waals surface area contributed by atoms with Gasteiger partial charge in [-0.2, -0.15) is 0 Å². The van der Waals surface area contributed by atoms with Crippen molar-refractivity contribution >= 4 is 5.78 Å². The average Bonchev–Trinajstić information content (AvgIpc) is 2.85. The smallest absolute Gasteiger partial charge is 0.155 e. The van der Waals surface area contributed by atoms with E-state index in [1.54, 1.807) is 0 Å². The van der Waals surface area contributed by atoms with Gasteiger partial charge in [0.1, 0.15) is 6.11 Å². The fourth-order valence-corrected chi connectivity index (χ4v) is 6.87. The Hall–Kier alpha value is -1.23. The average molecular weight is 312 g/mol. The van der Waals surface area contributed by atoms with Crippen LogP contribution in [0.25, 0.3) is 0 Å². The number of fused-ring (bicyclic) bond motifs is 5. The molecule has 23 heavy (non-hydrogen) atoms. The lowest BCUT2D eigenvalue weighted by atomic mass is 9.47. The first-order valence-corrected chi connectivity index (χ1v) is 9.37. The van der Waals surface area contributed by atoms with Gasteiger partial charge in [0.05, 0.1) is 0 Å². The summed E-state index contributed by atoms with van der Waals surface area (Å²) in [6.45, 7) is 4.86. The second-order valence-corrected chi connectivity index (χ2v) is 8.90. The summed E-state index contributed by atoms with van der Waals surface area (Å²) in [5, 5.41) is 9.08. The maximum atomic E-state index is 11.9. The van der Waals surface area contributed by atoms with E-state index in [2.05, 4.69) is 25.9 Å². The predicted octanol–water partition coefficient (Wildman–Crippen LogP) is 4.47. The summed E-state index contributed by atoms with van der Waals surface area (Å²) in [5.41, 5.74) is 2.00. The zero-order valence-electron chi connectivity index (χ0n) is 14.4. The van der Waals surface area contributed by atoms with Crippen LogP contribution in [0, 0.1) is 46.5 Å². The van der Waals surface area contributed by atoms with Gasteiger partial charge in [-0.15, -0.1) is 0 Å². The number of rotatable bonds is 0. The van der Waals surface area contributed by atoms with E-state index in [1.807, 2.05) is 6.08 Å². The minimum absolute atomic E-state index is 0.263. The molecular formula is C21H28O2. The van der Waals surface area contributed by atoms with E-state index < -0.39 is 0 Å². The third-order valence-corrected chi connectivity index (χ3v) is 8.20. The first-order valence-electron chi connectivity index (χ1n) is 9.37. The number of carbonyl (C=O) groups excluding carboxylic acids is 1. The lowest BCUT2D eigenvalue weighted by molar-refractivity contribution is -0.117. The Morgan fingerprint density at radius 1 is 1.09 bits per heavy atom. The molecule has 0 spiro atoms. The van der Waals surface area contributed by atoms with E-state index in [1.165, 1.54) is 31.3 Å². The summed E-state index contributed by atoms with van der Waals surface area (Å²) < 4.78 is 0. The molecule has 0 aromatic heterocycles. The highest BCUT2D eigenvalue weighted by molar-refractivity contribution is 5.91. The molecule has 2 heteroatoms. The molecule has 3 fully saturated rings. The lowest BCUT2D eigenvalue weighted by Crippen LogP contribution is -2.50. The van der Waals surface area contributed by atoms with Crippen LogP contribution in [0.4, 0.5) is 0 Å². The largest absolute Gasteiger partial charge is 0.462 e. The van der Waals surface area contributed by atoms with Crippen LogP contribution in [-0.4, -0.2) is 10.9 Å². The van der Waals surface area contributed by atoms with Crippen LogP contribution in [-0.2, 0) is 4.79 Å². The van der Waals surface area contributed by atoms with Gasteiger partial charge in [0, 0.05) is 12.3 Å². The van der Waals surface area contributed by atoms with Gasteiger partial charge in [0.25, 0.3) is 0 Å². The standard InChI is InChI=1S/C21H28O2/c1-20-11-8-19-17(18(20)6-4-14(20)9-12-22)5-3-15-13-16(23)7-10-21(15,19)2/h13-14,17-19,22H,3-8,10-11H2,1-2H3/t14-,17+,18+,19+,20-,21+/m1/s1. The van der Waals surface area contributed by atoms with Crippen molar-refractivity contribution in [2.75, 3.05) is 0 Å². The topological polar surface area (TPSA) is 37.3 Å². The number of hydrogen-bond acceptors (Lipinski definition) is 2. The maximum absolute atomic E-state index is 11.9. The van der Waals surface area contributed by atoms with E-state index in [9.17, 15) is 4.79 Å². The molecule has 124 valence electrons. The second kappa shape index (κ2) is 5.13. The highest BCUT2D eigenvalue weighted by Crippen LogP contribution is 2.66. The van der Waals surface area contributed by atoms with E-state index in [4.69, 9.17) is 5.11 Å². The summed E-state index contributed by atoms with van der Waals surface area (Å²) >= 11 is 0. The molecule has 6 atom stereocenters. The molecule has 4 aliphatic rings. The summed E-state index contributed by atoms with van der Waals surface area (Å²) in [7, 11) is 0. The first kappa shape index (κ1) is 15.3. The molecule has 2 nitrogen and oxygen atoms in total. The summed E-state index contributed by atoms with van der Waals surface area (Å²) in [6.07, 6.45) is 13.3. The van der Waals surface area contributed by atoms with Crippen molar-refractivity contribution in [2.24, 2.45) is 34.5 Å². The Morgan fingerprint density at radius 2 is 1.91 bits per heavy atom. The van der Waals surface area contributed by atoms with Crippen LogP contribution in [0.15, 0.2) is 11.6 Å².